The lowest BCUT2D eigenvalue weighted by molar-refractivity contribution is -0.139. The zero-order valence-electron chi connectivity index (χ0n) is 13.0. The summed E-state index contributed by atoms with van der Waals surface area (Å²) in [6.45, 7) is 5.12. The van der Waals surface area contributed by atoms with Gasteiger partial charge in [-0.05, 0) is 26.2 Å². The predicted molar refractivity (Wildman–Crippen MR) is 79.9 cm³/mol. The highest BCUT2D eigenvalue weighted by Crippen LogP contribution is 2.23. The van der Waals surface area contributed by atoms with Crippen LogP contribution in [0.1, 0.15) is 54.7 Å². The first kappa shape index (κ1) is 16.5. The first-order valence-electron chi connectivity index (χ1n) is 7.70. The molecule has 0 saturated carbocycles. The number of hydrogen-bond acceptors (Lipinski definition) is 4. The fraction of sp³-hybridized carbons (Fsp3) is 0.667. The monoisotopic (exact) mass is 309 g/mol. The van der Waals surface area contributed by atoms with Crippen LogP contribution in [0.25, 0.3) is 0 Å². The van der Waals surface area contributed by atoms with E-state index >= 15 is 0 Å². The van der Waals surface area contributed by atoms with Gasteiger partial charge >= 0.3 is 5.97 Å². The lowest BCUT2D eigenvalue weighted by Crippen LogP contribution is -2.40. The fourth-order valence-corrected chi connectivity index (χ4v) is 2.73. The number of hydrogen-bond donors (Lipinski definition) is 2. The van der Waals surface area contributed by atoms with Crippen LogP contribution in [0, 0.1) is 6.92 Å². The van der Waals surface area contributed by atoms with E-state index in [0.29, 0.717) is 31.6 Å². The first-order valence-corrected chi connectivity index (χ1v) is 7.70. The molecule has 0 bridgehead atoms. The molecule has 1 amide bonds. The van der Waals surface area contributed by atoms with Crippen molar-refractivity contribution < 1.29 is 19.4 Å². The fourth-order valence-electron chi connectivity index (χ4n) is 2.73. The molecule has 22 heavy (non-hydrogen) atoms. The van der Waals surface area contributed by atoms with Gasteiger partial charge in [-0.2, -0.15) is 5.10 Å². The zero-order chi connectivity index (χ0) is 16.1. The van der Waals surface area contributed by atoms with Crippen LogP contribution in [0.15, 0.2) is 6.20 Å². The Morgan fingerprint density at radius 2 is 2.18 bits per heavy atom. The Balaban J connectivity index is 2.10. The average Bonchev–Trinajstić information content (AvgIpc) is 2.89. The summed E-state index contributed by atoms with van der Waals surface area (Å²) in [7, 11) is 0. The van der Waals surface area contributed by atoms with Crippen LogP contribution in [0.3, 0.4) is 0 Å². The van der Waals surface area contributed by atoms with Gasteiger partial charge in [0.1, 0.15) is 6.04 Å². The predicted octanol–water partition coefficient (Wildman–Crippen LogP) is 1.53. The molecular weight excluding hydrogens is 286 g/mol. The quantitative estimate of drug-likeness (QED) is 0.831. The minimum absolute atomic E-state index is 0.237. The number of nitrogens with zero attached hydrogens (tertiary/aromatic N) is 2. The molecule has 2 N–H and O–H groups in total. The second-order valence-corrected chi connectivity index (χ2v) is 5.58. The number of aromatic nitrogens is 2. The van der Waals surface area contributed by atoms with Crippen LogP contribution in [0.5, 0.6) is 0 Å². The largest absolute Gasteiger partial charge is 0.480 e. The number of ether oxygens (including phenoxy) is 1. The van der Waals surface area contributed by atoms with Crippen molar-refractivity contribution in [2.75, 3.05) is 13.2 Å². The van der Waals surface area contributed by atoms with Gasteiger partial charge < -0.3 is 15.2 Å². The van der Waals surface area contributed by atoms with Gasteiger partial charge in [0.15, 0.2) is 0 Å². The first-order chi connectivity index (χ1) is 10.5. The maximum Gasteiger partial charge on any atom is 0.326 e. The van der Waals surface area contributed by atoms with Gasteiger partial charge in [-0.25, -0.2) is 4.79 Å². The lowest BCUT2D eigenvalue weighted by atomic mass is 10.1. The highest BCUT2D eigenvalue weighted by molar-refractivity contribution is 5.97. The van der Waals surface area contributed by atoms with Crippen molar-refractivity contribution in [3.8, 4) is 0 Å². The molecule has 0 radical (unpaired) electrons. The Kier molecular flexibility index (Phi) is 5.54. The van der Waals surface area contributed by atoms with Crippen molar-refractivity contribution in [1.82, 2.24) is 15.1 Å². The highest BCUT2D eigenvalue weighted by Gasteiger charge is 2.24. The van der Waals surface area contributed by atoms with E-state index in [-0.39, 0.29) is 11.9 Å². The average molecular weight is 309 g/mol. The normalized spacial score (nSPS) is 17.2. The minimum Gasteiger partial charge on any atom is -0.480 e. The van der Waals surface area contributed by atoms with Gasteiger partial charge in [-0.1, -0.05) is 13.3 Å². The second kappa shape index (κ2) is 7.40. The molecule has 7 heteroatoms. The summed E-state index contributed by atoms with van der Waals surface area (Å²) in [6.07, 6.45) is 4.37. The Morgan fingerprint density at radius 3 is 2.77 bits per heavy atom. The van der Waals surface area contributed by atoms with E-state index in [1.807, 2.05) is 18.5 Å². The Bertz CT molecular complexity index is 535. The number of rotatable bonds is 6. The van der Waals surface area contributed by atoms with Crippen molar-refractivity contribution in [3.63, 3.8) is 0 Å². The van der Waals surface area contributed by atoms with E-state index in [1.54, 1.807) is 0 Å². The molecule has 1 atom stereocenters. The molecule has 1 fully saturated rings. The van der Waals surface area contributed by atoms with Crippen LogP contribution < -0.4 is 5.32 Å². The summed E-state index contributed by atoms with van der Waals surface area (Å²) in [6, 6.07) is -0.621. The number of carbonyl (C=O) groups is 2. The third kappa shape index (κ3) is 3.65. The Labute approximate surface area is 129 Å². The molecule has 2 rings (SSSR count). The SMILES string of the molecule is CCCC(NC(=O)c1cnn(C2CCOCC2)c1C)C(=O)O. The maximum absolute atomic E-state index is 12.3. The zero-order valence-corrected chi connectivity index (χ0v) is 13.0. The molecule has 0 aromatic carbocycles. The molecular formula is C15H23N3O4. The van der Waals surface area contributed by atoms with Gasteiger partial charge in [0, 0.05) is 18.9 Å². The number of carboxylic acids is 1. The molecule has 1 aromatic heterocycles. The van der Waals surface area contributed by atoms with Crippen LogP contribution in [0.4, 0.5) is 0 Å². The summed E-state index contributed by atoms with van der Waals surface area (Å²) in [5, 5.41) is 16.0. The maximum atomic E-state index is 12.3. The second-order valence-electron chi connectivity index (χ2n) is 5.58. The van der Waals surface area contributed by atoms with Crippen LogP contribution in [-0.2, 0) is 9.53 Å². The van der Waals surface area contributed by atoms with Crippen molar-refractivity contribution in [1.29, 1.82) is 0 Å². The van der Waals surface area contributed by atoms with Crippen LogP contribution in [0.2, 0.25) is 0 Å². The van der Waals surface area contributed by atoms with E-state index in [9.17, 15) is 9.59 Å². The van der Waals surface area contributed by atoms with E-state index in [1.165, 1.54) is 6.20 Å². The smallest absolute Gasteiger partial charge is 0.326 e. The summed E-state index contributed by atoms with van der Waals surface area (Å²) in [5.41, 5.74) is 1.21. The number of nitrogens with one attached hydrogen (secondary N) is 1. The molecule has 1 aromatic rings. The molecule has 7 nitrogen and oxygen atoms in total. The Hall–Kier alpha value is -1.89. The van der Waals surface area contributed by atoms with Crippen LogP contribution >= 0.6 is 0 Å². The number of aliphatic carboxylic acids is 1. The Morgan fingerprint density at radius 1 is 1.50 bits per heavy atom. The van der Waals surface area contributed by atoms with Gasteiger partial charge in [0.25, 0.3) is 5.91 Å². The lowest BCUT2D eigenvalue weighted by Gasteiger charge is -2.23. The van der Waals surface area contributed by atoms with Gasteiger partial charge in [-0.3, -0.25) is 9.48 Å². The topological polar surface area (TPSA) is 93.5 Å². The third-order valence-corrected chi connectivity index (χ3v) is 4.01. The van der Waals surface area contributed by atoms with Crippen molar-refractivity contribution in [3.05, 3.63) is 17.5 Å². The molecule has 0 aliphatic carbocycles. The number of carboxylic acid groups (broad SMARTS) is 1. The number of carbonyl (C=O) groups excluding carboxylic acids is 1. The molecule has 0 spiro atoms. The molecule has 122 valence electrons. The van der Waals surface area contributed by atoms with Gasteiger partial charge in [0.05, 0.1) is 17.8 Å². The molecule has 1 aliphatic heterocycles. The van der Waals surface area contributed by atoms with Gasteiger partial charge in [-0.15, -0.1) is 0 Å². The molecule has 1 unspecified atom stereocenters. The third-order valence-electron chi connectivity index (χ3n) is 4.01. The summed E-state index contributed by atoms with van der Waals surface area (Å²) < 4.78 is 7.19. The van der Waals surface area contributed by atoms with Crippen molar-refractivity contribution in [2.45, 2.75) is 51.6 Å². The van der Waals surface area contributed by atoms with Crippen molar-refractivity contribution >= 4 is 11.9 Å². The summed E-state index contributed by atoms with van der Waals surface area (Å²) >= 11 is 0. The highest BCUT2D eigenvalue weighted by atomic mass is 16.5. The van der Waals surface area contributed by atoms with Crippen molar-refractivity contribution in [2.24, 2.45) is 0 Å². The number of amides is 1. The summed E-state index contributed by atoms with van der Waals surface area (Å²) in [4.78, 5) is 23.4. The van der Waals surface area contributed by atoms with Gasteiger partial charge in [0.2, 0.25) is 0 Å². The van der Waals surface area contributed by atoms with E-state index in [2.05, 4.69) is 10.4 Å². The summed E-state index contributed by atoms with van der Waals surface area (Å²) in [5.74, 6) is -1.39. The van der Waals surface area contributed by atoms with Crippen LogP contribution in [-0.4, -0.2) is 46.0 Å². The van der Waals surface area contributed by atoms with E-state index < -0.39 is 12.0 Å². The molecule has 1 saturated heterocycles. The molecule has 1 aliphatic rings. The van der Waals surface area contributed by atoms with E-state index in [4.69, 9.17) is 9.84 Å². The minimum atomic E-state index is -1.01. The molecule has 2 heterocycles. The standard InChI is InChI=1S/C15H23N3O4/c1-3-4-13(15(20)21)17-14(19)12-9-16-18(10(12)2)11-5-7-22-8-6-11/h9,11,13H,3-8H2,1-2H3,(H,17,19)(H,20,21). The van der Waals surface area contributed by atoms with E-state index in [0.717, 1.165) is 18.5 Å².